The standard InChI is InChI=1S/C19H41N3O3.HI/c1-5-7-11-24-13-14-25-12-9-21-19(20-6-2)22-16-18(8-10-23)15-17(3)4;/h17-18,23H,5-16H2,1-4H3,(H2,20,21,22);1H. The number of halogens is 1. The van der Waals surface area contributed by atoms with Crippen molar-refractivity contribution in [2.24, 2.45) is 16.8 Å². The molecule has 3 N–H and O–H groups in total. The molecule has 158 valence electrons. The number of nitrogens with zero attached hydrogens (tertiary/aromatic N) is 1. The van der Waals surface area contributed by atoms with Crippen LogP contribution in [0.25, 0.3) is 0 Å². The number of nitrogens with one attached hydrogen (secondary N) is 2. The number of rotatable bonds is 16. The molecule has 0 aromatic rings. The van der Waals surface area contributed by atoms with Crippen LogP contribution in [-0.2, 0) is 9.47 Å². The van der Waals surface area contributed by atoms with E-state index in [4.69, 9.17) is 9.47 Å². The molecule has 6 nitrogen and oxygen atoms in total. The summed E-state index contributed by atoms with van der Waals surface area (Å²) >= 11 is 0. The Morgan fingerprint density at radius 2 is 1.73 bits per heavy atom. The van der Waals surface area contributed by atoms with Gasteiger partial charge in [-0.2, -0.15) is 0 Å². The lowest BCUT2D eigenvalue weighted by Crippen LogP contribution is -2.39. The summed E-state index contributed by atoms with van der Waals surface area (Å²) in [6, 6.07) is 0. The van der Waals surface area contributed by atoms with Gasteiger partial charge < -0.3 is 25.2 Å². The monoisotopic (exact) mass is 487 g/mol. The van der Waals surface area contributed by atoms with Crippen LogP contribution < -0.4 is 10.6 Å². The van der Waals surface area contributed by atoms with E-state index in [1.54, 1.807) is 0 Å². The third-order valence-electron chi connectivity index (χ3n) is 3.75. The number of unbranched alkanes of at least 4 members (excludes halogenated alkanes) is 1. The number of aliphatic hydroxyl groups excluding tert-OH is 1. The maximum atomic E-state index is 9.20. The van der Waals surface area contributed by atoms with Crippen molar-refractivity contribution in [2.75, 3.05) is 52.7 Å². The molecule has 0 aromatic carbocycles. The predicted molar refractivity (Wildman–Crippen MR) is 121 cm³/mol. The Morgan fingerprint density at radius 1 is 1.04 bits per heavy atom. The van der Waals surface area contributed by atoms with Crippen molar-refractivity contribution in [3.63, 3.8) is 0 Å². The first-order chi connectivity index (χ1) is 12.1. The molecule has 0 saturated heterocycles. The van der Waals surface area contributed by atoms with Gasteiger partial charge in [0.15, 0.2) is 5.96 Å². The summed E-state index contributed by atoms with van der Waals surface area (Å²) in [5.74, 6) is 1.87. The summed E-state index contributed by atoms with van der Waals surface area (Å²) in [6.45, 7) is 13.9. The average Bonchev–Trinajstić information content (AvgIpc) is 2.57. The fourth-order valence-corrected chi connectivity index (χ4v) is 2.51. The lowest BCUT2D eigenvalue weighted by atomic mass is 9.94. The Bertz CT molecular complexity index is 318. The van der Waals surface area contributed by atoms with Gasteiger partial charge in [0.25, 0.3) is 0 Å². The fraction of sp³-hybridized carbons (Fsp3) is 0.947. The molecule has 1 unspecified atom stereocenters. The third kappa shape index (κ3) is 18.7. The highest BCUT2D eigenvalue weighted by Gasteiger charge is 2.10. The molecule has 0 saturated carbocycles. The fourth-order valence-electron chi connectivity index (χ4n) is 2.51. The SMILES string of the molecule is CCCCOCCOCCNC(=NCC(CCO)CC(C)C)NCC.I. The van der Waals surface area contributed by atoms with Crippen molar-refractivity contribution in [1.29, 1.82) is 0 Å². The molecule has 0 heterocycles. The third-order valence-corrected chi connectivity index (χ3v) is 3.75. The van der Waals surface area contributed by atoms with E-state index in [0.717, 1.165) is 57.9 Å². The Kier molecular flexibility index (Phi) is 22.9. The van der Waals surface area contributed by atoms with Crippen molar-refractivity contribution in [3.05, 3.63) is 0 Å². The normalized spacial score (nSPS) is 12.8. The lowest BCUT2D eigenvalue weighted by molar-refractivity contribution is 0.0487. The van der Waals surface area contributed by atoms with Gasteiger partial charge in [-0.15, -0.1) is 24.0 Å². The molecule has 0 aliphatic rings. The van der Waals surface area contributed by atoms with Crippen molar-refractivity contribution >= 4 is 29.9 Å². The Hall–Kier alpha value is -0.120. The van der Waals surface area contributed by atoms with Crippen LogP contribution in [0.4, 0.5) is 0 Å². The van der Waals surface area contributed by atoms with E-state index in [0.29, 0.717) is 31.7 Å². The van der Waals surface area contributed by atoms with Crippen molar-refractivity contribution in [3.8, 4) is 0 Å². The van der Waals surface area contributed by atoms with Gasteiger partial charge in [-0.3, -0.25) is 4.99 Å². The number of guanidine groups is 1. The Balaban J connectivity index is 0. The van der Waals surface area contributed by atoms with Crippen LogP contribution in [-0.4, -0.2) is 63.7 Å². The van der Waals surface area contributed by atoms with E-state index < -0.39 is 0 Å². The summed E-state index contributed by atoms with van der Waals surface area (Å²) in [4.78, 5) is 4.66. The highest BCUT2D eigenvalue weighted by atomic mass is 127. The Morgan fingerprint density at radius 3 is 2.31 bits per heavy atom. The molecule has 0 rings (SSSR count). The average molecular weight is 487 g/mol. The van der Waals surface area contributed by atoms with Crippen LogP contribution in [0.15, 0.2) is 4.99 Å². The molecular formula is C19H42IN3O3. The highest BCUT2D eigenvalue weighted by molar-refractivity contribution is 14.0. The first kappa shape index (κ1) is 28.1. The molecule has 0 aromatic heterocycles. The minimum atomic E-state index is 0. The van der Waals surface area contributed by atoms with Gasteiger partial charge in [-0.1, -0.05) is 27.2 Å². The second-order valence-corrected chi connectivity index (χ2v) is 6.73. The predicted octanol–water partition coefficient (Wildman–Crippen LogP) is 3.04. The molecule has 0 aliphatic heterocycles. The highest BCUT2D eigenvalue weighted by Crippen LogP contribution is 2.15. The first-order valence-electron chi connectivity index (χ1n) is 9.92. The van der Waals surface area contributed by atoms with E-state index in [2.05, 4.69) is 43.3 Å². The quantitative estimate of drug-likeness (QED) is 0.135. The van der Waals surface area contributed by atoms with E-state index in [1.807, 2.05) is 0 Å². The van der Waals surface area contributed by atoms with Gasteiger partial charge >= 0.3 is 0 Å². The summed E-state index contributed by atoms with van der Waals surface area (Å²) in [6.07, 6.45) is 4.17. The molecule has 0 radical (unpaired) electrons. The molecule has 0 fully saturated rings. The molecule has 7 heteroatoms. The smallest absolute Gasteiger partial charge is 0.191 e. The van der Waals surface area contributed by atoms with E-state index in [1.165, 1.54) is 0 Å². The zero-order valence-electron chi connectivity index (χ0n) is 17.3. The molecule has 0 aliphatic carbocycles. The van der Waals surface area contributed by atoms with E-state index in [9.17, 15) is 5.11 Å². The van der Waals surface area contributed by atoms with Gasteiger partial charge in [0.05, 0.1) is 19.8 Å². The van der Waals surface area contributed by atoms with Gasteiger partial charge in [-0.05, 0) is 38.0 Å². The van der Waals surface area contributed by atoms with Crippen LogP contribution in [0.1, 0.15) is 53.4 Å². The van der Waals surface area contributed by atoms with Crippen LogP contribution in [0.2, 0.25) is 0 Å². The summed E-state index contributed by atoms with van der Waals surface area (Å²) in [5.41, 5.74) is 0. The number of aliphatic imine (C=N–C) groups is 1. The van der Waals surface area contributed by atoms with Crippen LogP contribution in [0.5, 0.6) is 0 Å². The van der Waals surface area contributed by atoms with Gasteiger partial charge in [-0.25, -0.2) is 0 Å². The summed E-state index contributed by atoms with van der Waals surface area (Å²) < 4.78 is 11.0. The second-order valence-electron chi connectivity index (χ2n) is 6.73. The summed E-state index contributed by atoms with van der Waals surface area (Å²) in [7, 11) is 0. The zero-order valence-corrected chi connectivity index (χ0v) is 19.6. The topological polar surface area (TPSA) is 75.1 Å². The van der Waals surface area contributed by atoms with Gasteiger partial charge in [0, 0.05) is 32.8 Å². The largest absolute Gasteiger partial charge is 0.396 e. The van der Waals surface area contributed by atoms with E-state index >= 15 is 0 Å². The number of aliphatic hydroxyl groups is 1. The molecule has 0 bridgehead atoms. The van der Waals surface area contributed by atoms with Crippen LogP contribution in [0.3, 0.4) is 0 Å². The van der Waals surface area contributed by atoms with Crippen molar-refractivity contribution in [2.45, 2.75) is 53.4 Å². The van der Waals surface area contributed by atoms with Gasteiger partial charge in [0.1, 0.15) is 0 Å². The summed E-state index contributed by atoms with van der Waals surface area (Å²) in [5, 5.41) is 15.8. The molecule has 0 amide bonds. The maximum absolute atomic E-state index is 9.20. The molecule has 26 heavy (non-hydrogen) atoms. The van der Waals surface area contributed by atoms with Crippen molar-refractivity contribution in [1.82, 2.24) is 10.6 Å². The number of hydrogen-bond donors (Lipinski definition) is 3. The molecular weight excluding hydrogens is 445 g/mol. The number of ether oxygens (including phenoxy) is 2. The van der Waals surface area contributed by atoms with Crippen molar-refractivity contribution < 1.29 is 14.6 Å². The van der Waals surface area contributed by atoms with Gasteiger partial charge in [0.2, 0.25) is 0 Å². The molecule has 0 spiro atoms. The van der Waals surface area contributed by atoms with Crippen LogP contribution in [0, 0.1) is 11.8 Å². The number of hydrogen-bond acceptors (Lipinski definition) is 4. The van der Waals surface area contributed by atoms with Crippen LogP contribution >= 0.6 is 24.0 Å². The molecule has 1 atom stereocenters. The zero-order chi connectivity index (χ0) is 18.8. The van der Waals surface area contributed by atoms with E-state index in [-0.39, 0.29) is 30.6 Å². The Labute approximate surface area is 177 Å². The lowest BCUT2D eigenvalue weighted by Gasteiger charge is -2.17. The minimum Gasteiger partial charge on any atom is -0.396 e. The maximum Gasteiger partial charge on any atom is 0.191 e. The first-order valence-corrected chi connectivity index (χ1v) is 9.92. The minimum absolute atomic E-state index is 0. The second kappa shape index (κ2) is 21.2.